The standard InChI is InChI=1S/C11H13NO3/c1-8-7-15-10-5-3-2-4-9(10)12(8)6-11(13)14/h2-5,8H,6-7H2,1H3,(H,13,14). The van der Waals surface area contributed by atoms with Crippen LogP contribution in [-0.2, 0) is 4.79 Å². The van der Waals surface area contributed by atoms with Gasteiger partial charge in [0.25, 0.3) is 0 Å². The van der Waals surface area contributed by atoms with Crippen molar-refractivity contribution in [3.63, 3.8) is 0 Å². The Kier molecular flexibility index (Phi) is 2.49. The van der Waals surface area contributed by atoms with Crippen LogP contribution in [0.2, 0.25) is 0 Å². The lowest BCUT2D eigenvalue weighted by molar-refractivity contribution is -0.135. The second-order valence-corrected chi connectivity index (χ2v) is 3.65. The first-order chi connectivity index (χ1) is 7.18. The maximum Gasteiger partial charge on any atom is 0.323 e. The van der Waals surface area contributed by atoms with Gasteiger partial charge in [0.15, 0.2) is 0 Å². The number of fused-ring (bicyclic) bond motifs is 1. The molecular formula is C11H13NO3. The zero-order valence-corrected chi connectivity index (χ0v) is 8.51. The largest absolute Gasteiger partial charge is 0.489 e. The van der Waals surface area contributed by atoms with E-state index >= 15 is 0 Å². The van der Waals surface area contributed by atoms with Crippen LogP contribution in [0, 0.1) is 0 Å². The number of para-hydroxylation sites is 2. The quantitative estimate of drug-likeness (QED) is 0.795. The van der Waals surface area contributed by atoms with Crippen molar-refractivity contribution in [3.05, 3.63) is 24.3 Å². The number of carboxylic acid groups (broad SMARTS) is 1. The van der Waals surface area contributed by atoms with Gasteiger partial charge in [0.2, 0.25) is 0 Å². The van der Waals surface area contributed by atoms with Crippen LogP contribution >= 0.6 is 0 Å². The molecule has 1 aliphatic heterocycles. The number of carbonyl (C=O) groups is 1. The highest BCUT2D eigenvalue weighted by molar-refractivity contribution is 5.75. The number of benzene rings is 1. The number of hydrogen-bond acceptors (Lipinski definition) is 3. The van der Waals surface area contributed by atoms with Crippen LogP contribution in [0.25, 0.3) is 0 Å². The van der Waals surface area contributed by atoms with E-state index in [0.29, 0.717) is 6.61 Å². The molecule has 0 aliphatic carbocycles. The van der Waals surface area contributed by atoms with E-state index in [1.807, 2.05) is 36.1 Å². The lowest BCUT2D eigenvalue weighted by Gasteiger charge is -2.35. The summed E-state index contributed by atoms with van der Waals surface area (Å²) < 4.78 is 5.51. The predicted octanol–water partition coefficient (Wildman–Crippen LogP) is 1.36. The maximum atomic E-state index is 10.7. The molecule has 1 heterocycles. The molecule has 1 atom stereocenters. The highest BCUT2D eigenvalue weighted by atomic mass is 16.5. The van der Waals surface area contributed by atoms with Crippen LogP contribution in [0.1, 0.15) is 6.92 Å². The summed E-state index contributed by atoms with van der Waals surface area (Å²) in [6, 6.07) is 7.60. The van der Waals surface area contributed by atoms with Crippen LogP contribution in [0.4, 0.5) is 5.69 Å². The third-order valence-corrected chi connectivity index (χ3v) is 2.49. The van der Waals surface area contributed by atoms with Crippen LogP contribution in [-0.4, -0.2) is 30.3 Å². The fraction of sp³-hybridized carbons (Fsp3) is 0.364. The number of anilines is 1. The fourth-order valence-corrected chi connectivity index (χ4v) is 1.74. The van der Waals surface area contributed by atoms with Gasteiger partial charge in [-0.05, 0) is 19.1 Å². The zero-order valence-electron chi connectivity index (χ0n) is 8.51. The summed E-state index contributed by atoms with van der Waals surface area (Å²) in [5, 5.41) is 8.83. The minimum atomic E-state index is -0.821. The summed E-state index contributed by atoms with van der Waals surface area (Å²) >= 11 is 0. The molecule has 15 heavy (non-hydrogen) atoms. The van der Waals surface area contributed by atoms with Gasteiger partial charge in [-0.3, -0.25) is 4.79 Å². The van der Waals surface area contributed by atoms with Gasteiger partial charge in [0.05, 0.1) is 11.7 Å². The van der Waals surface area contributed by atoms with Crippen LogP contribution in [0.5, 0.6) is 5.75 Å². The van der Waals surface area contributed by atoms with E-state index in [0.717, 1.165) is 11.4 Å². The van der Waals surface area contributed by atoms with E-state index in [4.69, 9.17) is 9.84 Å². The number of hydrogen-bond donors (Lipinski definition) is 1. The van der Waals surface area contributed by atoms with Crippen LogP contribution in [0.3, 0.4) is 0 Å². The van der Waals surface area contributed by atoms with Gasteiger partial charge in [-0.1, -0.05) is 12.1 Å². The Hall–Kier alpha value is -1.71. The van der Waals surface area contributed by atoms with E-state index in [-0.39, 0.29) is 12.6 Å². The van der Waals surface area contributed by atoms with Gasteiger partial charge >= 0.3 is 5.97 Å². The number of rotatable bonds is 2. The molecule has 4 nitrogen and oxygen atoms in total. The van der Waals surface area contributed by atoms with E-state index in [1.165, 1.54) is 0 Å². The topological polar surface area (TPSA) is 49.8 Å². The molecule has 1 N–H and O–H groups in total. The van der Waals surface area contributed by atoms with Gasteiger partial charge < -0.3 is 14.7 Å². The molecule has 1 aromatic rings. The summed E-state index contributed by atoms with van der Waals surface area (Å²) in [6.45, 7) is 2.50. The fourth-order valence-electron chi connectivity index (χ4n) is 1.74. The summed E-state index contributed by atoms with van der Waals surface area (Å²) in [5.41, 5.74) is 0.860. The second kappa shape index (κ2) is 3.81. The third-order valence-electron chi connectivity index (χ3n) is 2.49. The van der Waals surface area contributed by atoms with Crippen molar-refractivity contribution < 1.29 is 14.6 Å². The van der Waals surface area contributed by atoms with Gasteiger partial charge in [-0.2, -0.15) is 0 Å². The highest BCUT2D eigenvalue weighted by Gasteiger charge is 2.25. The summed E-state index contributed by atoms with van der Waals surface area (Å²) in [7, 11) is 0. The normalized spacial score (nSPS) is 19.3. The van der Waals surface area contributed by atoms with Crippen LogP contribution in [0.15, 0.2) is 24.3 Å². The number of nitrogens with zero attached hydrogens (tertiary/aromatic N) is 1. The average Bonchev–Trinajstić information content (AvgIpc) is 2.22. The van der Waals surface area contributed by atoms with Crippen molar-refractivity contribution in [2.75, 3.05) is 18.1 Å². The van der Waals surface area contributed by atoms with Crippen molar-refractivity contribution in [2.45, 2.75) is 13.0 Å². The molecule has 0 amide bonds. The number of ether oxygens (including phenoxy) is 1. The molecule has 0 bridgehead atoms. The van der Waals surface area contributed by atoms with Gasteiger partial charge in [-0.15, -0.1) is 0 Å². The summed E-state index contributed by atoms with van der Waals surface area (Å²) in [6.07, 6.45) is 0. The summed E-state index contributed by atoms with van der Waals surface area (Å²) in [5.74, 6) is -0.0598. The Morgan fingerprint density at radius 1 is 1.60 bits per heavy atom. The van der Waals surface area contributed by atoms with Gasteiger partial charge in [-0.25, -0.2) is 0 Å². The zero-order chi connectivity index (χ0) is 10.8. The number of carboxylic acids is 1. The smallest absolute Gasteiger partial charge is 0.323 e. The molecule has 0 spiro atoms. The Morgan fingerprint density at radius 2 is 2.33 bits per heavy atom. The van der Waals surface area contributed by atoms with E-state index in [2.05, 4.69) is 0 Å². The monoisotopic (exact) mass is 207 g/mol. The molecule has 0 saturated carbocycles. The second-order valence-electron chi connectivity index (χ2n) is 3.65. The molecule has 1 aromatic carbocycles. The third kappa shape index (κ3) is 1.88. The first kappa shape index (κ1) is 9.83. The molecule has 80 valence electrons. The molecule has 0 radical (unpaired) electrons. The predicted molar refractivity (Wildman–Crippen MR) is 56.4 cm³/mol. The van der Waals surface area contributed by atoms with Gasteiger partial charge in [0.1, 0.15) is 18.9 Å². The average molecular weight is 207 g/mol. The van der Waals surface area contributed by atoms with Crippen molar-refractivity contribution in [1.82, 2.24) is 0 Å². The minimum absolute atomic E-state index is 0.0154. The minimum Gasteiger partial charge on any atom is -0.489 e. The molecule has 0 aromatic heterocycles. The van der Waals surface area contributed by atoms with E-state index < -0.39 is 5.97 Å². The Balaban J connectivity index is 2.32. The molecule has 1 aliphatic rings. The molecule has 2 rings (SSSR count). The van der Waals surface area contributed by atoms with Crippen molar-refractivity contribution in [1.29, 1.82) is 0 Å². The Labute approximate surface area is 88.1 Å². The van der Waals surface area contributed by atoms with Gasteiger partial charge in [0, 0.05) is 0 Å². The SMILES string of the molecule is CC1COc2ccccc2N1CC(=O)O. The number of aliphatic carboxylic acids is 1. The summed E-state index contributed by atoms with van der Waals surface area (Å²) in [4.78, 5) is 12.6. The Bertz CT molecular complexity index is 378. The molecule has 0 fully saturated rings. The molecule has 0 saturated heterocycles. The van der Waals surface area contributed by atoms with Crippen molar-refractivity contribution >= 4 is 11.7 Å². The highest BCUT2D eigenvalue weighted by Crippen LogP contribution is 2.32. The van der Waals surface area contributed by atoms with Crippen molar-refractivity contribution in [2.24, 2.45) is 0 Å². The van der Waals surface area contributed by atoms with E-state index in [1.54, 1.807) is 0 Å². The maximum absolute atomic E-state index is 10.7. The molecule has 4 heteroatoms. The Morgan fingerprint density at radius 3 is 3.07 bits per heavy atom. The lowest BCUT2D eigenvalue weighted by Crippen LogP contribution is -2.43. The van der Waals surface area contributed by atoms with E-state index in [9.17, 15) is 4.79 Å². The molecular weight excluding hydrogens is 194 g/mol. The first-order valence-corrected chi connectivity index (χ1v) is 4.89. The lowest BCUT2D eigenvalue weighted by atomic mass is 10.1. The molecule has 1 unspecified atom stereocenters. The first-order valence-electron chi connectivity index (χ1n) is 4.89. The van der Waals surface area contributed by atoms with Crippen LogP contribution < -0.4 is 9.64 Å². The van der Waals surface area contributed by atoms with Crippen molar-refractivity contribution in [3.8, 4) is 5.75 Å².